The Bertz CT molecular complexity index is 1010. The van der Waals surface area contributed by atoms with Crippen molar-refractivity contribution in [3.05, 3.63) is 69.1 Å². The molecule has 0 aliphatic rings. The van der Waals surface area contributed by atoms with Crippen LogP contribution in [0.2, 0.25) is 0 Å². The SMILES string of the molecule is Cc1cc(-c2ccc(C(=O)c3cc(F)c(F)c(O)c3C)s2)cc(C)c1O. The van der Waals surface area contributed by atoms with E-state index in [4.69, 9.17) is 0 Å². The molecule has 0 saturated heterocycles. The molecule has 0 fully saturated rings. The van der Waals surface area contributed by atoms with Gasteiger partial charge in [0.15, 0.2) is 11.6 Å². The lowest BCUT2D eigenvalue weighted by Gasteiger charge is -2.08. The zero-order valence-electron chi connectivity index (χ0n) is 14.4. The van der Waals surface area contributed by atoms with Gasteiger partial charge in [0.2, 0.25) is 11.6 Å². The Morgan fingerprint density at radius 3 is 2.19 bits per heavy atom. The van der Waals surface area contributed by atoms with Gasteiger partial charge in [0.1, 0.15) is 5.75 Å². The van der Waals surface area contributed by atoms with Crippen molar-refractivity contribution in [2.24, 2.45) is 0 Å². The third-order valence-corrected chi connectivity index (χ3v) is 5.43. The fourth-order valence-electron chi connectivity index (χ4n) is 2.79. The normalized spacial score (nSPS) is 11.0. The maximum atomic E-state index is 13.6. The van der Waals surface area contributed by atoms with E-state index >= 15 is 0 Å². The predicted octanol–water partition coefficient (Wildman–Crippen LogP) is 5.26. The fraction of sp³-hybridized carbons (Fsp3) is 0.150. The van der Waals surface area contributed by atoms with Crippen LogP contribution in [0, 0.1) is 32.4 Å². The lowest BCUT2D eigenvalue weighted by atomic mass is 10.0. The van der Waals surface area contributed by atoms with Crippen molar-refractivity contribution in [3.63, 3.8) is 0 Å². The topological polar surface area (TPSA) is 57.5 Å². The van der Waals surface area contributed by atoms with Gasteiger partial charge in [-0.3, -0.25) is 4.79 Å². The summed E-state index contributed by atoms with van der Waals surface area (Å²) in [6, 6.07) is 7.81. The highest BCUT2D eigenvalue weighted by Crippen LogP contribution is 2.35. The quantitative estimate of drug-likeness (QED) is 0.615. The first kappa shape index (κ1) is 18.1. The smallest absolute Gasteiger partial charge is 0.203 e. The molecule has 134 valence electrons. The number of carbonyl (C=O) groups excluding carboxylic acids is 1. The van der Waals surface area contributed by atoms with E-state index in [-0.39, 0.29) is 16.9 Å². The number of aryl methyl sites for hydroxylation is 2. The molecule has 1 aromatic heterocycles. The summed E-state index contributed by atoms with van der Waals surface area (Å²) in [6.45, 7) is 4.95. The molecular weight excluding hydrogens is 358 g/mol. The molecule has 0 unspecified atom stereocenters. The van der Waals surface area contributed by atoms with Crippen LogP contribution in [-0.4, -0.2) is 16.0 Å². The van der Waals surface area contributed by atoms with Crippen molar-refractivity contribution < 1.29 is 23.8 Å². The maximum absolute atomic E-state index is 13.6. The Morgan fingerprint density at radius 1 is 0.962 bits per heavy atom. The third kappa shape index (κ3) is 2.97. The average molecular weight is 374 g/mol. The number of carbonyl (C=O) groups is 1. The first-order valence-electron chi connectivity index (χ1n) is 7.83. The standard InChI is InChI=1S/C20H16F2O3S/c1-9-6-12(7-10(2)18(9)23)15-4-5-16(26-15)20(25)13-8-14(21)17(22)19(24)11(13)3/h4-8,23-24H,1-3H3. The number of ketones is 1. The summed E-state index contributed by atoms with van der Waals surface area (Å²) in [6.07, 6.45) is 0. The van der Waals surface area contributed by atoms with E-state index in [0.29, 0.717) is 4.88 Å². The molecule has 0 aliphatic carbocycles. The Balaban J connectivity index is 2.02. The first-order valence-corrected chi connectivity index (χ1v) is 8.65. The second-order valence-corrected chi connectivity index (χ2v) is 7.23. The Labute approximate surface area is 153 Å². The monoisotopic (exact) mass is 374 g/mol. The van der Waals surface area contributed by atoms with Gasteiger partial charge in [0, 0.05) is 16.0 Å². The van der Waals surface area contributed by atoms with Crippen LogP contribution in [-0.2, 0) is 0 Å². The summed E-state index contributed by atoms with van der Waals surface area (Å²) in [4.78, 5) is 13.8. The van der Waals surface area contributed by atoms with Crippen molar-refractivity contribution >= 4 is 17.1 Å². The van der Waals surface area contributed by atoms with Gasteiger partial charge in [-0.2, -0.15) is 4.39 Å². The van der Waals surface area contributed by atoms with Crippen molar-refractivity contribution in [2.45, 2.75) is 20.8 Å². The number of aromatic hydroxyl groups is 2. The highest BCUT2D eigenvalue weighted by molar-refractivity contribution is 7.17. The molecule has 0 amide bonds. The number of hydrogen-bond donors (Lipinski definition) is 2. The Morgan fingerprint density at radius 2 is 1.58 bits per heavy atom. The lowest BCUT2D eigenvalue weighted by Crippen LogP contribution is -2.04. The molecular formula is C20H16F2O3S. The van der Waals surface area contributed by atoms with Crippen LogP contribution in [0.5, 0.6) is 11.5 Å². The lowest BCUT2D eigenvalue weighted by molar-refractivity contribution is 0.104. The van der Waals surface area contributed by atoms with E-state index < -0.39 is 23.2 Å². The van der Waals surface area contributed by atoms with Crippen molar-refractivity contribution in [1.29, 1.82) is 0 Å². The van der Waals surface area contributed by atoms with Crippen LogP contribution in [0.3, 0.4) is 0 Å². The van der Waals surface area contributed by atoms with Crippen LogP contribution in [0.4, 0.5) is 8.78 Å². The fourth-order valence-corrected chi connectivity index (χ4v) is 3.73. The van der Waals surface area contributed by atoms with Gasteiger partial charge in [0.25, 0.3) is 0 Å². The van der Waals surface area contributed by atoms with Crippen LogP contribution < -0.4 is 0 Å². The third-order valence-electron chi connectivity index (χ3n) is 4.30. The summed E-state index contributed by atoms with van der Waals surface area (Å²) in [5.41, 5.74) is 2.23. The summed E-state index contributed by atoms with van der Waals surface area (Å²) in [7, 11) is 0. The van der Waals surface area contributed by atoms with Crippen LogP contribution in [0.1, 0.15) is 31.9 Å². The molecule has 2 N–H and O–H groups in total. The molecule has 26 heavy (non-hydrogen) atoms. The van der Waals surface area contributed by atoms with Crippen molar-refractivity contribution in [2.75, 3.05) is 0 Å². The summed E-state index contributed by atoms with van der Waals surface area (Å²) >= 11 is 1.21. The minimum atomic E-state index is -1.36. The van der Waals surface area contributed by atoms with Gasteiger partial charge in [-0.25, -0.2) is 4.39 Å². The average Bonchev–Trinajstić information content (AvgIpc) is 3.10. The molecule has 0 spiro atoms. The summed E-state index contributed by atoms with van der Waals surface area (Å²) < 4.78 is 27.0. The van der Waals surface area contributed by atoms with Gasteiger partial charge in [-0.1, -0.05) is 0 Å². The number of halogens is 2. The largest absolute Gasteiger partial charge is 0.507 e. The van der Waals surface area contributed by atoms with Crippen LogP contribution in [0.15, 0.2) is 30.3 Å². The summed E-state index contributed by atoms with van der Waals surface area (Å²) in [5, 5.41) is 19.5. The zero-order valence-corrected chi connectivity index (χ0v) is 15.2. The Hall–Kier alpha value is -2.73. The highest BCUT2D eigenvalue weighted by atomic mass is 32.1. The van der Waals surface area contributed by atoms with E-state index in [9.17, 15) is 23.8 Å². The molecule has 0 radical (unpaired) electrons. The van der Waals surface area contributed by atoms with E-state index in [2.05, 4.69) is 0 Å². The Kier molecular flexibility index (Phi) is 4.54. The van der Waals surface area contributed by atoms with Gasteiger partial charge in [-0.15, -0.1) is 11.3 Å². The predicted molar refractivity (Wildman–Crippen MR) is 97.1 cm³/mol. The number of hydrogen-bond acceptors (Lipinski definition) is 4. The number of rotatable bonds is 3. The van der Waals surface area contributed by atoms with E-state index in [1.807, 2.05) is 12.1 Å². The van der Waals surface area contributed by atoms with Crippen LogP contribution in [0.25, 0.3) is 10.4 Å². The number of benzene rings is 2. The van der Waals surface area contributed by atoms with E-state index in [1.54, 1.807) is 26.0 Å². The molecule has 2 aromatic carbocycles. The number of thiophene rings is 1. The van der Waals surface area contributed by atoms with Gasteiger partial charge >= 0.3 is 0 Å². The van der Waals surface area contributed by atoms with E-state index in [0.717, 1.165) is 27.6 Å². The molecule has 0 saturated carbocycles. The molecule has 0 bridgehead atoms. The molecule has 6 heteroatoms. The second kappa shape index (κ2) is 6.53. The molecule has 3 nitrogen and oxygen atoms in total. The number of phenolic OH excluding ortho intramolecular Hbond substituents is 2. The van der Waals surface area contributed by atoms with Gasteiger partial charge in [0.05, 0.1) is 4.88 Å². The minimum absolute atomic E-state index is 0.000160. The van der Waals surface area contributed by atoms with Crippen LogP contribution >= 0.6 is 11.3 Å². The van der Waals surface area contributed by atoms with E-state index in [1.165, 1.54) is 18.3 Å². The maximum Gasteiger partial charge on any atom is 0.203 e. The molecule has 0 aliphatic heterocycles. The first-order chi connectivity index (χ1) is 12.2. The molecule has 1 heterocycles. The molecule has 0 atom stereocenters. The highest BCUT2D eigenvalue weighted by Gasteiger charge is 2.22. The molecule has 3 rings (SSSR count). The van der Waals surface area contributed by atoms with Gasteiger partial charge < -0.3 is 10.2 Å². The van der Waals surface area contributed by atoms with Crippen molar-refractivity contribution in [1.82, 2.24) is 0 Å². The summed E-state index contributed by atoms with van der Waals surface area (Å²) in [5.74, 6) is -3.73. The minimum Gasteiger partial charge on any atom is -0.507 e. The molecule has 3 aromatic rings. The number of phenols is 2. The second-order valence-electron chi connectivity index (χ2n) is 6.15. The van der Waals surface area contributed by atoms with Crippen molar-refractivity contribution in [3.8, 4) is 21.9 Å². The zero-order chi connectivity index (χ0) is 19.2. The van der Waals surface area contributed by atoms with Gasteiger partial charge in [-0.05, 0) is 67.8 Å².